The predicted molar refractivity (Wildman–Crippen MR) is 124 cm³/mol. The predicted octanol–water partition coefficient (Wildman–Crippen LogP) is 4.16. The zero-order valence-corrected chi connectivity index (χ0v) is 19.4. The molecule has 0 aromatic heterocycles. The van der Waals surface area contributed by atoms with Gasteiger partial charge in [0, 0.05) is 40.0 Å². The van der Waals surface area contributed by atoms with Gasteiger partial charge in [0.25, 0.3) is 5.69 Å². The maximum absolute atomic E-state index is 11.1. The molecule has 11 heteroatoms. The highest BCUT2D eigenvalue weighted by Crippen LogP contribution is 2.39. The molecule has 162 valence electrons. The fourth-order valence-corrected chi connectivity index (χ4v) is 3.38. The maximum atomic E-state index is 11.1. The number of halogens is 2. The van der Waals surface area contributed by atoms with Crippen molar-refractivity contribution in [3.63, 3.8) is 0 Å². The zero-order chi connectivity index (χ0) is 22.1. The van der Waals surface area contributed by atoms with Crippen LogP contribution in [0.5, 0.6) is 11.5 Å². The average Bonchev–Trinajstić information content (AvgIpc) is 2.72. The van der Waals surface area contributed by atoms with Crippen LogP contribution in [0, 0.1) is 10.1 Å². The van der Waals surface area contributed by atoms with Crippen LogP contribution in [0.2, 0.25) is 0 Å². The van der Waals surface area contributed by atoms with Gasteiger partial charge in [-0.15, -0.1) is 0 Å². The minimum absolute atomic E-state index is 0.00129. The van der Waals surface area contributed by atoms with E-state index in [1.807, 2.05) is 6.92 Å². The van der Waals surface area contributed by atoms with Crippen LogP contribution in [0.4, 0.5) is 17.1 Å². The van der Waals surface area contributed by atoms with Gasteiger partial charge in [-0.05, 0) is 57.0 Å². The minimum atomic E-state index is -0.480. The number of nitrogens with one attached hydrogen (secondary N) is 2. The van der Waals surface area contributed by atoms with Crippen LogP contribution in [0.25, 0.3) is 0 Å². The number of rotatable bonds is 11. The fourth-order valence-electron chi connectivity index (χ4n) is 2.55. The van der Waals surface area contributed by atoms with Crippen LogP contribution in [0.3, 0.4) is 0 Å². The summed E-state index contributed by atoms with van der Waals surface area (Å²) in [4.78, 5) is 14.9. The van der Waals surface area contributed by atoms with E-state index in [1.165, 1.54) is 6.07 Å². The molecular weight excluding hydrogens is 524 g/mol. The monoisotopic (exact) mass is 544 g/mol. The second-order valence-electron chi connectivity index (χ2n) is 5.97. The number of phenols is 1. The van der Waals surface area contributed by atoms with Crippen molar-refractivity contribution in [1.29, 1.82) is 0 Å². The first-order valence-corrected chi connectivity index (χ1v) is 10.7. The number of aliphatic hydroxyl groups excluding tert-OH is 1. The summed E-state index contributed by atoms with van der Waals surface area (Å²) in [5.74, 6) is 0.361. The van der Waals surface area contributed by atoms with E-state index in [0.717, 1.165) is 4.47 Å². The highest BCUT2D eigenvalue weighted by Gasteiger charge is 2.15. The van der Waals surface area contributed by atoms with Crippen molar-refractivity contribution in [2.75, 3.05) is 43.5 Å². The van der Waals surface area contributed by atoms with Gasteiger partial charge in [0.15, 0.2) is 11.5 Å². The van der Waals surface area contributed by atoms with E-state index in [1.54, 1.807) is 24.4 Å². The Morgan fingerprint density at radius 1 is 1.27 bits per heavy atom. The lowest BCUT2D eigenvalue weighted by Crippen LogP contribution is -2.09. The lowest BCUT2D eigenvalue weighted by Gasteiger charge is -2.11. The van der Waals surface area contributed by atoms with E-state index in [9.17, 15) is 15.2 Å². The van der Waals surface area contributed by atoms with Gasteiger partial charge in [-0.25, -0.2) is 0 Å². The molecule has 2 rings (SSSR count). The number of nitrogens with zero attached hydrogens (tertiary/aromatic N) is 2. The summed E-state index contributed by atoms with van der Waals surface area (Å²) in [5.41, 5.74) is 1.45. The Bertz CT molecular complexity index is 924. The summed E-state index contributed by atoms with van der Waals surface area (Å²) < 4.78 is 6.82. The molecule has 0 radical (unpaired) electrons. The Kier molecular flexibility index (Phi) is 9.34. The molecule has 4 N–H and O–H groups in total. The van der Waals surface area contributed by atoms with Crippen molar-refractivity contribution in [2.24, 2.45) is 4.99 Å². The second kappa shape index (κ2) is 11.7. The van der Waals surface area contributed by atoms with Crippen molar-refractivity contribution in [1.82, 2.24) is 0 Å². The van der Waals surface area contributed by atoms with Crippen LogP contribution in [-0.2, 0) is 0 Å². The van der Waals surface area contributed by atoms with Crippen LogP contribution in [0.15, 0.2) is 38.2 Å². The van der Waals surface area contributed by atoms with Crippen molar-refractivity contribution < 1.29 is 19.9 Å². The molecule has 0 spiro atoms. The van der Waals surface area contributed by atoms with E-state index in [0.29, 0.717) is 46.9 Å². The number of ether oxygens (including phenoxy) is 1. The first-order valence-electron chi connectivity index (χ1n) is 9.09. The van der Waals surface area contributed by atoms with Crippen LogP contribution in [-0.4, -0.2) is 54.2 Å². The summed E-state index contributed by atoms with van der Waals surface area (Å²) in [6.07, 6.45) is 1.55. The summed E-state index contributed by atoms with van der Waals surface area (Å²) in [6.45, 7) is 3.21. The largest absolute Gasteiger partial charge is 0.504 e. The van der Waals surface area contributed by atoms with E-state index in [4.69, 9.17) is 9.84 Å². The Labute approximate surface area is 190 Å². The Morgan fingerprint density at radius 3 is 2.70 bits per heavy atom. The highest BCUT2D eigenvalue weighted by molar-refractivity contribution is 9.13. The second-order valence-corrected chi connectivity index (χ2v) is 7.61. The molecule has 2 aromatic carbocycles. The number of nitro benzene ring substituents is 1. The maximum Gasteiger partial charge on any atom is 0.292 e. The van der Waals surface area contributed by atoms with Gasteiger partial charge in [-0.3, -0.25) is 15.1 Å². The topological polar surface area (TPSA) is 129 Å². The number of aromatic hydroxyl groups is 1. The normalized spacial score (nSPS) is 10.9. The first-order chi connectivity index (χ1) is 14.4. The quantitative estimate of drug-likeness (QED) is 0.144. The Hall–Kier alpha value is -2.37. The van der Waals surface area contributed by atoms with Crippen molar-refractivity contribution in [3.8, 4) is 11.5 Å². The van der Waals surface area contributed by atoms with Crippen molar-refractivity contribution >= 4 is 55.1 Å². The number of hydrogen-bond donors (Lipinski definition) is 4. The summed E-state index contributed by atoms with van der Waals surface area (Å²) >= 11 is 6.83. The lowest BCUT2D eigenvalue weighted by molar-refractivity contribution is -0.383. The van der Waals surface area contributed by atoms with Crippen LogP contribution < -0.4 is 15.4 Å². The first kappa shape index (κ1) is 23.9. The molecule has 0 atom stereocenters. The molecule has 9 nitrogen and oxygen atoms in total. The van der Waals surface area contributed by atoms with Crippen molar-refractivity contribution in [2.45, 2.75) is 6.92 Å². The zero-order valence-electron chi connectivity index (χ0n) is 16.2. The van der Waals surface area contributed by atoms with Gasteiger partial charge in [0.2, 0.25) is 0 Å². The van der Waals surface area contributed by atoms with Gasteiger partial charge in [0.1, 0.15) is 5.69 Å². The number of hydrogen-bond acceptors (Lipinski definition) is 8. The molecule has 0 heterocycles. The SMILES string of the molecule is CCOc1cc(Br)c(Br)c(C=NCCNc2ccc([N+](=O)[O-])c(NCCO)c2)c1O. The van der Waals surface area contributed by atoms with E-state index in [2.05, 4.69) is 47.5 Å². The summed E-state index contributed by atoms with van der Waals surface area (Å²) in [7, 11) is 0. The third-order valence-corrected chi connectivity index (χ3v) is 5.92. The summed E-state index contributed by atoms with van der Waals surface area (Å²) in [6, 6.07) is 6.30. The molecule has 0 fully saturated rings. The third-order valence-electron chi connectivity index (χ3n) is 3.90. The Morgan fingerprint density at radius 2 is 2.03 bits per heavy atom. The minimum Gasteiger partial charge on any atom is -0.504 e. The average molecular weight is 546 g/mol. The van der Waals surface area contributed by atoms with Crippen LogP contribution in [0.1, 0.15) is 12.5 Å². The molecule has 0 saturated heterocycles. The molecule has 0 amide bonds. The number of aliphatic hydroxyl groups is 1. The number of aliphatic imine (C=N–C) groups is 1. The number of phenolic OH excluding ortho intramolecular Hbond substituents is 1. The van der Waals surface area contributed by atoms with Gasteiger partial charge >= 0.3 is 0 Å². The number of anilines is 2. The fraction of sp³-hybridized carbons (Fsp3) is 0.316. The smallest absolute Gasteiger partial charge is 0.292 e. The van der Waals surface area contributed by atoms with Gasteiger partial charge in [-0.2, -0.15) is 0 Å². The molecule has 2 aromatic rings. The summed E-state index contributed by atoms with van der Waals surface area (Å²) in [5, 5.41) is 36.4. The van der Waals surface area contributed by atoms with E-state index in [-0.39, 0.29) is 24.6 Å². The van der Waals surface area contributed by atoms with Crippen LogP contribution >= 0.6 is 31.9 Å². The molecular formula is C19H22Br2N4O5. The van der Waals surface area contributed by atoms with Gasteiger partial charge in [-0.1, -0.05) is 0 Å². The van der Waals surface area contributed by atoms with E-state index < -0.39 is 4.92 Å². The molecule has 30 heavy (non-hydrogen) atoms. The number of nitro groups is 1. The van der Waals surface area contributed by atoms with E-state index >= 15 is 0 Å². The number of benzene rings is 2. The highest BCUT2D eigenvalue weighted by atomic mass is 79.9. The third kappa shape index (κ3) is 6.31. The standard InChI is InChI=1S/C19H22Br2N4O5/c1-2-30-17-10-14(20)18(21)13(19(17)27)11-22-5-6-23-12-3-4-16(25(28)29)15(9-12)24-7-8-26/h3-4,9-11,23-24,26-27H,2,5-8H2,1H3. The molecule has 0 unspecified atom stereocenters. The van der Waals surface area contributed by atoms with Gasteiger partial charge < -0.3 is 25.6 Å². The molecule has 0 aliphatic heterocycles. The van der Waals surface area contributed by atoms with Gasteiger partial charge in [0.05, 0.1) is 30.2 Å². The Balaban J connectivity index is 2.03. The molecule has 0 saturated carbocycles. The molecule has 0 bridgehead atoms. The molecule has 0 aliphatic carbocycles. The molecule has 0 aliphatic rings. The lowest BCUT2D eigenvalue weighted by atomic mass is 10.2. The van der Waals surface area contributed by atoms with Crippen molar-refractivity contribution in [3.05, 3.63) is 48.9 Å².